The molecule has 2 aromatic carbocycles. The molecular weight excluding hydrogens is 288 g/mol. The lowest BCUT2D eigenvalue weighted by atomic mass is 10.1. The number of nitrogens with two attached hydrogens (primary N) is 1. The van der Waals surface area contributed by atoms with Crippen molar-refractivity contribution in [2.75, 3.05) is 24.2 Å². The maximum absolute atomic E-state index is 12.4. The van der Waals surface area contributed by atoms with Crippen LogP contribution in [0.15, 0.2) is 53.4 Å². The van der Waals surface area contributed by atoms with Gasteiger partial charge in [0, 0.05) is 7.11 Å². The number of rotatable bonds is 6. The number of nitrogens with one attached hydrogen (secondary N) is 1. The van der Waals surface area contributed by atoms with Crippen molar-refractivity contribution >= 4 is 21.4 Å². The standard InChI is InChI=1S/C15H18N2O3S/c1-20-11-10-12-6-2-4-8-14(12)17-21(18,19)15-9-5-3-7-13(15)16/h2-9,17H,10-11,16H2,1H3. The highest BCUT2D eigenvalue weighted by Gasteiger charge is 2.18. The highest BCUT2D eigenvalue weighted by molar-refractivity contribution is 7.92. The fourth-order valence-electron chi connectivity index (χ4n) is 1.97. The van der Waals surface area contributed by atoms with Crippen LogP contribution < -0.4 is 10.5 Å². The van der Waals surface area contributed by atoms with Crippen LogP contribution in [0.4, 0.5) is 11.4 Å². The number of hydrogen-bond donors (Lipinski definition) is 2. The molecule has 5 nitrogen and oxygen atoms in total. The summed E-state index contributed by atoms with van der Waals surface area (Å²) in [5.41, 5.74) is 7.37. The van der Waals surface area contributed by atoms with Gasteiger partial charge >= 0.3 is 0 Å². The van der Waals surface area contributed by atoms with Crippen LogP contribution in [0.3, 0.4) is 0 Å². The van der Waals surface area contributed by atoms with E-state index >= 15 is 0 Å². The summed E-state index contributed by atoms with van der Waals surface area (Å²) < 4.78 is 32.5. The third-order valence-electron chi connectivity index (χ3n) is 3.05. The Morgan fingerprint density at radius 1 is 1.10 bits per heavy atom. The minimum absolute atomic E-state index is 0.0755. The van der Waals surface area contributed by atoms with Crippen molar-refractivity contribution in [3.05, 3.63) is 54.1 Å². The van der Waals surface area contributed by atoms with Gasteiger partial charge in [-0.2, -0.15) is 0 Å². The van der Waals surface area contributed by atoms with Crippen LogP contribution in [0.5, 0.6) is 0 Å². The van der Waals surface area contributed by atoms with Crippen LogP contribution in [-0.2, 0) is 21.2 Å². The molecule has 0 amide bonds. The molecule has 0 saturated carbocycles. The van der Waals surface area contributed by atoms with E-state index in [1.54, 1.807) is 37.4 Å². The van der Waals surface area contributed by atoms with Crippen LogP contribution >= 0.6 is 0 Å². The molecule has 0 spiro atoms. The van der Waals surface area contributed by atoms with Crippen molar-refractivity contribution in [3.8, 4) is 0 Å². The number of hydrogen-bond acceptors (Lipinski definition) is 4. The fraction of sp³-hybridized carbons (Fsp3) is 0.200. The summed E-state index contributed by atoms with van der Waals surface area (Å²) >= 11 is 0. The fourth-order valence-corrected chi connectivity index (χ4v) is 3.21. The average molecular weight is 306 g/mol. The van der Waals surface area contributed by atoms with E-state index in [1.807, 2.05) is 12.1 Å². The highest BCUT2D eigenvalue weighted by atomic mass is 32.2. The van der Waals surface area contributed by atoms with Crippen molar-refractivity contribution in [1.82, 2.24) is 0 Å². The second-order valence-corrected chi connectivity index (χ2v) is 6.19. The molecule has 0 aliphatic rings. The molecule has 0 unspecified atom stereocenters. The Kier molecular flexibility index (Phi) is 4.82. The summed E-state index contributed by atoms with van der Waals surface area (Å²) in [6.07, 6.45) is 0.624. The van der Waals surface area contributed by atoms with E-state index in [2.05, 4.69) is 4.72 Å². The van der Waals surface area contributed by atoms with E-state index in [4.69, 9.17) is 10.5 Å². The van der Waals surface area contributed by atoms with Gasteiger partial charge in [-0.3, -0.25) is 4.72 Å². The molecule has 21 heavy (non-hydrogen) atoms. The molecule has 0 atom stereocenters. The normalized spacial score (nSPS) is 11.3. The lowest BCUT2D eigenvalue weighted by Crippen LogP contribution is -2.16. The number of ether oxygens (including phenoxy) is 1. The maximum atomic E-state index is 12.4. The van der Waals surface area contributed by atoms with Crippen molar-refractivity contribution in [2.24, 2.45) is 0 Å². The third kappa shape index (κ3) is 3.74. The third-order valence-corrected chi connectivity index (χ3v) is 4.49. The van der Waals surface area contributed by atoms with Crippen molar-refractivity contribution in [3.63, 3.8) is 0 Å². The van der Waals surface area contributed by atoms with Gasteiger partial charge in [0.15, 0.2) is 0 Å². The number of benzene rings is 2. The smallest absolute Gasteiger partial charge is 0.263 e. The minimum atomic E-state index is -3.71. The Morgan fingerprint density at radius 3 is 2.48 bits per heavy atom. The maximum Gasteiger partial charge on any atom is 0.263 e. The average Bonchev–Trinajstić information content (AvgIpc) is 2.46. The molecule has 0 saturated heterocycles. The zero-order valence-corrected chi connectivity index (χ0v) is 12.6. The zero-order chi connectivity index (χ0) is 15.3. The van der Waals surface area contributed by atoms with E-state index < -0.39 is 10.0 Å². The van der Waals surface area contributed by atoms with Gasteiger partial charge in [0.2, 0.25) is 0 Å². The molecule has 0 radical (unpaired) electrons. The topological polar surface area (TPSA) is 81.4 Å². The Balaban J connectivity index is 2.31. The lowest BCUT2D eigenvalue weighted by Gasteiger charge is -2.13. The monoisotopic (exact) mass is 306 g/mol. The van der Waals surface area contributed by atoms with Crippen LogP contribution in [-0.4, -0.2) is 22.1 Å². The molecule has 2 rings (SSSR count). The molecule has 0 aliphatic heterocycles. The van der Waals surface area contributed by atoms with Gasteiger partial charge in [-0.05, 0) is 30.2 Å². The summed E-state index contributed by atoms with van der Waals surface area (Å²) in [5, 5.41) is 0. The first-order valence-electron chi connectivity index (χ1n) is 6.49. The Morgan fingerprint density at radius 2 is 1.76 bits per heavy atom. The van der Waals surface area contributed by atoms with E-state index in [1.165, 1.54) is 6.07 Å². The predicted molar refractivity (Wildman–Crippen MR) is 83.7 cm³/mol. The molecule has 0 aliphatic carbocycles. The van der Waals surface area contributed by atoms with Gasteiger partial charge in [0.05, 0.1) is 18.0 Å². The van der Waals surface area contributed by atoms with E-state index in [0.717, 1.165) is 5.56 Å². The first-order valence-corrected chi connectivity index (χ1v) is 7.97. The zero-order valence-electron chi connectivity index (χ0n) is 11.7. The SMILES string of the molecule is COCCc1ccccc1NS(=O)(=O)c1ccccc1N. The highest BCUT2D eigenvalue weighted by Crippen LogP contribution is 2.23. The predicted octanol–water partition coefficient (Wildman–Crippen LogP) is 2.26. The van der Waals surface area contributed by atoms with Gasteiger partial charge in [-0.1, -0.05) is 30.3 Å². The number of para-hydroxylation sites is 2. The van der Waals surface area contributed by atoms with E-state index in [-0.39, 0.29) is 10.6 Å². The molecule has 2 aromatic rings. The van der Waals surface area contributed by atoms with E-state index in [0.29, 0.717) is 18.7 Å². The molecule has 0 aromatic heterocycles. The van der Waals surface area contributed by atoms with Gasteiger partial charge in [-0.15, -0.1) is 0 Å². The summed E-state index contributed by atoms with van der Waals surface area (Å²) in [6, 6.07) is 13.6. The van der Waals surface area contributed by atoms with Crippen molar-refractivity contribution < 1.29 is 13.2 Å². The summed E-state index contributed by atoms with van der Waals surface area (Å²) in [6.45, 7) is 0.520. The summed E-state index contributed by atoms with van der Waals surface area (Å²) in [5.74, 6) is 0. The Bertz CT molecular complexity index is 714. The largest absolute Gasteiger partial charge is 0.398 e. The molecule has 0 bridgehead atoms. The number of methoxy groups -OCH3 is 1. The van der Waals surface area contributed by atoms with Crippen molar-refractivity contribution in [2.45, 2.75) is 11.3 Å². The first-order chi connectivity index (χ1) is 10.0. The van der Waals surface area contributed by atoms with Gasteiger partial charge < -0.3 is 10.5 Å². The molecule has 0 heterocycles. The Labute approximate surface area is 124 Å². The first kappa shape index (κ1) is 15.3. The van der Waals surface area contributed by atoms with E-state index in [9.17, 15) is 8.42 Å². The van der Waals surface area contributed by atoms with Crippen LogP contribution in [0.2, 0.25) is 0 Å². The van der Waals surface area contributed by atoms with Crippen LogP contribution in [0.25, 0.3) is 0 Å². The summed E-state index contributed by atoms with van der Waals surface area (Å²) in [7, 11) is -2.10. The van der Waals surface area contributed by atoms with Gasteiger partial charge in [-0.25, -0.2) is 8.42 Å². The minimum Gasteiger partial charge on any atom is -0.398 e. The number of anilines is 2. The van der Waals surface area contributed by atoms with Crippen molar-refractivity contribution in [1.29, 1.82) is 0 Å². The van der Waals surface area contributed by atoms with Gasteiger partial charge in [0.25, 0.3) is 10.0 Å². The molecule has 0 fully saturated rings. The quantitative estimate of drug-likeness (QED) is 0.802. The second kappa shape index (κ2) is 6.60. The lowest BCUT2D eigenvalue weighted by molar-refractivity contribution is 0.202. The van der Waals surface area contributed by atoms with Crippen LogP contribution in [0.1, 0.15) is 5.56 Å². The molecular formula is C15H18N2O3S. The van der Waals surface area contributed by atoms with Crippen LogP contribution in [0, 0.1) is 0 Å². The Hall–Kier alpha value is -2.05. The number of nitrogen functional groups attached to an aromatic ring is 1. The van der Waals surface area contributed by atoms with Gasteiger partial charge in [0.1, 0.15) is 4.90 Å². The second-order valence-electron chi connectivity index (χ2n) is 4.54. The molecule has 6 heteroatoms. The molecule has 3 N–H and O–H groups in total. The summed E-state index contributed by atoms with van der Waals surface area (Å²) in [4.78, 5) is 0.0755. The number of sulfonamides is 1. The molecule has 112 valence electrons.